The van der Waals surface area contributed by atoms with Crippen molar-refractivity contribution >= 4 is 11.6 Å². The number of primary amides is 1. The first-order valence-corrected chi connectivity index (χ1v) is 7.75. The Labute approximate surface area is 124 Å². The molecule has 4 nitrogen and oxygen atoms in total. The lowest BCUT2D eigenvalue weighted by Gasteiger charge is -2.33. The highest BCUT2D eigenvalue weighted by Crippen LogP contribution is 2.35. The van der Waals surface area contributed by atoms with E-state index in [1.165, 1.54) is 18.9 Å². The molecule has 3 N–H and O–H groups in total. The molecule has 1 amide bonds. The molecule has 1 heterocycles. The van der Waals surface area contributed by atoms with Gasteiger partial charge in [-0.25, -0.2) is 4.39 Å². The zero-order valence-corrected chi connectivity index (χ0v) is 12.1. The fraction of sp³-hybridized carbons (Fsp3) is 0.562. The fourth-order valence-electron chi connectivity index (χ4n) is 3.14. The molecule has 1 atom stereocenters. The Balaban J connectivity index is 1.87. The van der Waals surface area contributed by atoms with E-state index in [-0.39, 0.29) is 5.56 Å². The van der Waals surface area contributed by atoms with Crippen molar-refractivity contribution < 1.29 is 9.18 Å². The monoisotopic (exact) mass is 291 g/mol. The average Bonchev–Trinajstić information content (AvgIpc) is 3.30. The number of rotatable bonds is 5. The second kappa shape index (κ2) is 6.02. The molecule has 1 aromatic carbocycles. The number of nitrogens with two attached hydrogens (primary N) is 1. The van der Waals surface area contributed by atoms with Gasteiger partial charge in [-0.15, -0.1) is 0 Å². The zero-order valence-electron chi connectivity index (χ0n) is 12.1. The number of benzene rings is 1. The number of hydrogen-bond donors (Lipinski definition) is 2. The van der Waals surface area contributed by atoms with Gasteiger partial charge in [0.25, 0.3) is 5.91 Å². The van der Waals surface area contributed by atoms with E-state index < -0.39 is 11.7 Å². The molecular formula is C16H22FN3O. The Morgan fingerprint density at radius 3 is 2.76 bits per heavy atom. The van der Waals surface area contributed by atoms with Crippen molar-refractivity contribution in [2.45, 2.75) is 44.2 Å². The second-order valence-electron chi connectivity index (χ2n) is 6.03. The lowest BCUT2D eigenvalue weighted by atomic mass is 10.0. The van der Waals surface area contributed by atoms with Crippen LogP contribution in [-0.2, 0) is 0 Å². The summed E-state index contributed by atoms with van der Waals surface area (Å²) in [6.45, 7) is 1.85. The molecule has 1 unspecified atom stereocenters. The summed E-state index contributed by atoms with van der Waals surface area (Å²) in [5.74, 6) is -1.22. The standard InChI is InChI=1S/C16H22FN3O/c17-13-5-3-6-14(15(13)16(18)21)20(12-7-8-12)10-11-4-1-2-9-19-11/h3,5-6,11-12,19H,1-2,4,7-10H2,(H2,18,21). The van der Waals surface area contributed by atoms with Crippen LogP contribution in [0.2, 0.25) is 0 Å². The maximum absolute atomic E-state index is 14.0. The van der Waals surface area contributed by atoms with Crippen molar-refractivity contribution in [2.75, 3.05) is 18.0 Å². The maximum atomic E-state index is 14.0. The minimum Gasteiger partial charge on any atom is -0.366 e. The number of anilines is 1. The smallest absolute Gasteiger partial charge is 0.253 e. The maximum Gasteiger partial charge on any atom is 0.253 e. The zero-order chi connectivity index (χ0) is 14.8. The predicted octanol–water partition coefficient (Wildman–Crippen LogP) is 2.04. The molecule has 2 aliphatic rings. The molecule has 1 aromatic rings. The van der Waals surface area contributed by atoms with Crippen molar-refractivity contribution in [2.24, 2.45) is 5.73 Å². The minimum atomic E-state index is -0.689. The lowest BCUT2D eigenvalue weighted by Crippen LogP contribution is -2.45. The summed E-state index contributed by atoms with van der Waals surface area (Å²) < 4.78 is 14.0. The van der Waals surface area contributed by atoms with E-state index >= 15 is 0 Å². The summed E-state index contributed by atoms with van der Waals surface area (Å²) in [6, 6.07) is 5.58. The number of hydrogen-bond acceptors (Lipinski definition) is 3. The normalized spacial score (nSPS) is 22.0. The average molecular weight is 291 g/mol. The topological polar surface area (TPSA) is 58.4 Å². The summed E-state index contributed by atoms with van der Waals surface area (Å²) >= 11 is 0. The number of nitrogens with zero attached hydrogens (tertiary/aromatic N) is 1. The van der Waals surface area contributed by atoms with Crippen LogP contribution in [0.3, 0.4) is 0 Å². The third kappa shape index (κ3) is 3.18. The van der Waals surface area contributed by atoms with E-state index in [2.05, 4.69) is 10.2 Å². The molecular weight excluding hydrogens is 269 g/mol. The summed E-state index contributed by atoms with van der Waals surface area (Å²) in [5, 5.41) is 3.51. The van der Waals surface area contributed by atoms with Gasteiger partial charge in [0.15, 0.2) is 0 Å². The van der Waals surface area contributed by atoms with E-state index in [1.807, 2.05) is 6.07 Å². The van der Waals surface area contributed by atoms with Crippen molar-refractivity contribution in [3.63, 3.8) is 0 Å². The molecule has 3 rings (SSSR count). The van der Waals surface area contributed by atoms with Gasteiger partial charge in [0.1, 0.15) is 5.82 Å². The van der Waals surface area contributed by atoms with Crippen LogP contribution in [0.4, 0.5) is 10.1 Å². The molecule has 114 valence electrons. The highest BCUT2D eigenvalue weighted by atomic mass is 19.1. The SMILES string of the molecule is NC(=O)c1c(F)cccc1N(CC1CCCCN1)C1CC1. The second-order valence-corrected chi connectivity index (χ2v) is 6.03. The number of nitrogens with one attached hydrogen (secondary N) is 1. The van der Waals surface area contributed by atoms with Crippen LogP contribution in [0.1, 0.15) is 42.5 Å². The van der Waals surface area contributed by atoms with E-state index in [0.29, 0.717) is 17.8 Å². The van der Waals surface area contributed by atoms with Crippen LogP contribution in [0, 0.1) is 5.82 Å². The number of piperidine rings is 1. The Bertz CT molecular complexity index is 524. The van der Waals surface area contributed by atoms with Crippen LogP contribution >= 0.6 is 0 Å². The number of halogens is 1. The first-order valence-electron chi connectivity index (χ1n) is 7.75. The Morgan fingerprint density at radius 1 is 1.33 bits per heavy atom. The molecule has 0 bridgehead atoms. The summed E-state index contributed by atoms with van der Waals surface area (Å²) in [7, 11) is 0. The molecule has 2 fully saturated rings. The van der Waals surface area contributed by atoms with Crippen LogP contribution in [-0.4, -0.2) is 31.1 Å². The highest BCUT2D eigenvalue weighted by Gasteiger charge is 2.33. The Morgan fingerprint density at radius 2 is 2.14 bits per heavy atom. The van der Waals surface area contributed by atoms with E-state index in [1.54, 1.807) is 6.07 Å². The van der Waals surface area contributed by atoms with Crippen molar-refractivity contribution in [3.05, 3.63) is 29.6 Å². The first kappa shape index (κ1) is 14.3. The van der Waals surface area contributed by atoms with Gasteiger partial charge in [0, 0.05) is 18.6 Å². The molecule has 5 heteroatoms. The van der Waals surface area contributed by atoms with Gasteiger partial charge in [0.2, 0.25) is 0 Å². The molecule has 0 spiro atoms. The van der Waals surface area contributed by atoms with Crippen molar-refractivity contribution in [1.82, 2.24) is 5.32 Å². The third-order valence-electron chi connectivity index (χ3n) is 4.36. The van der Waals surface area contributed by atoms with Gasteiger partial charge in [-0.05, 0) is 44.4 Å². The van der Waals surface area contributed by atoms with Crippen LogP contribution in [0.5, 0.6) is 0 Å². The van der Waals surface area contributed by atoms with Crippen molar-refractivity contribution in [3.8, 4) is 0 Å². The van der Waals surface area contributed by atoms with Gasteiger partial charge in [0.05, 0.1) is 11.3 Å². The van der Waals surface area contributed by atoms with Crippen LogP contribution in [0.15, 0.2) is 18.2 Å². The number of amides is 1. The fourth-order valence-corrected chi connectivity index (χ4v) is 3.14. The van der Waals surface area contributed by atoms with E-state index in [9.17, 15) is 9.18 Å². The number of carbonyl (C=O) groups excluding carboxylic acids is 1. The summed E-state index contributed by atoms with van der Waals surface area (Å²) in [4.78, 5) is 13.8. The van der Waals surface area contributed by atoms with Crippen LogP contribution < -0.4 is 16.0 Å². The molecule has 0 radical (unpaired) electrons. The van der Waals surface area contributed by atoms with Crippen molar-refractivity contribution in [1.29, 1.82) is 0 Å². The lowest BCUT2D eigenvalue weighted by molar-refractivity contribution is 0.0997. The quantitative estimate of drug-likeness (QED) is 0.873. The van der Waals surface area contributed by atoms with E-state index in [4.69, 9.17) is 5.73 Å². The Hall–Kier alpha value is -1.62. The largest absolute Gasteiger partial charge is 0.366 e. The van der Waals surface area contributed by atoms with E-state index in [0.717, 1.165) is 32.4 Å². The molecule has 1 saturated heterocycles. The summed E-state index contributed by atoms with van der Waals surface area (Å²) in [6.07, 6.45) is 5.77. The Kier molecular flexibility index (Phi) is 4.10. The summed E-state index contributed by atoms with van der Waals surface area (Å²) in [5.41, 5.74) is 6.06. The molecule has 0 aromatic heterocycles. The van der Waals surface area contributed by atoms with Gasteiger partial charge < -0.3 is 16.0 Å². The number of carbonyl (C=O) groups is 1. The molecule has 1 aliphatic heterocycles. The van der Waals surface area contributed by atoms with Crippen LogP contribution in [0.25, 0.3) is 0 Å². The molecule has 21 heavy (non-hydrogen) atoms. The third-order valence-corrected chi connectivity index (χ3v) is 4.36. The minimum absolute atomic E-state index is 0.0280. The van der Waals surface area contributed by atoms with Gasteiger partial charge in [-0.2, -0.15) is 0 Å². The highest BCUT2D eigenvalue weighted by molar-refractivity contribution is 5.99. The van der Waals surface area contributed by atoms with Gasteiger partial charge >= 0.3 is 0 Å². The molecule has 1 saturated carbocycles. The predicted molar refractivity (Wildman–Crippen MR) is 80.9 cm³/mol. The molecule has 1 aliphatic carbocycles. The first-order chi connectivity index (χ1) is 10.2. The van der Waals surface area contributed by atoms with Gasteiger partial charge in [-0.1, -0.05) is 12.5 Å². The van der Waals surface area contributed by atoms with Gasteiger partial charge in [-0.3, -0.25) is 4.79 Å².